The first-order valence-corrected chi connectivity index (χ1v) is 7.87. The van der Waals surface area contributed by atoms with Gasteiger partial charge >= 0.3 is 0 Å². The molecule has 3 aromatic rings. The van der Waals surface area contributed by atoms with Crippen LogP contribution in [0.4, 0.5) is 0 Å². The van der Waals surface area contributed by atoms with Crippen LogP contribution in [0.1, 0.15) is 16.7 Å². The molecule has 4 rings (SSSR count). The molecule has 0 N–H and O–H groups in total. The van der Waals surface area contributed by atoms with Crippen molar-refractivity contribution >= 4 is 6.08 Å². The summed E-state index contributed by atoms with van der Waals surface area (Å²) in [6, 6.07) is 23.9. The zero-order valence-electron chi connectivity index (χ0n) is 13.1. The molecule has 0 unspecified atom stereocenters. The zero-order chi connectivity index (χ0) is 15.6. The Hall–Kier alpha value is -2.80. The third-order valence-electron chi connectivity index (χ3n) is 4.45. The zero-order valence-corrected chi connectivity index (χ0v) is 13.1. The second kappa shape index (κ2) is 5.77. The Morgan fingerprint density at radius 1 is 0.783 bits per heavy atom. The monoisotopic (exact) mass is 298 g/mol. The van der Waals surface area contributed by atoms with Gasteiger partial charge in [-0.3, -0.25) is 0 Å². The molecule has 3 aromatic carbocycles. The van der Waals surface area contributed by atoms with Gasteiger partial charge in [0.15, 0.2) is 0 Å². The van der Waals surface area contributed by atoms with Gasteiger partial charge in [-0.15, -0.1) is 0 Å². The van der Waals surface area contributed by atoms with Gasteiger partial charge in [-0.05, 0) is 57.5 Å². The van der Waals surface area contributed by atoms with Crippen molar-refractivity contribution in [3.05, 3.63) is 89.7 Å². The quantitative estimate of drug-likeness (QED) is 0.451. The van der Waals surface area contributed by atoms with Crippen molar-refractivity contribution in [1.29, 1.82) is 0 Å². The third-order valence-corrected chi connectivity index (χ3v) is 4.45. The summed E-state index contributed by atoms with van der Waals surface area (Å²) in [5.41, 5.74) is 9.22. The van der Waals surface area contributed by atoms with Crippen LogP contribution in [0.5, 0.6) is 0 Å². The first-order valence-electron chi connectivity index (χ1n) is 7.87. The van der Waals surface area contributed by atoms with Gasteiger partial charge in [0, 0.05) is 0 Å². The van der Waals surface area contributed by atoms with Gasteiger partial charge in [-0.25, -0.2) is 0 Å². The van der Waals surface area contributed by atoms with Crippen molar-refractivity contribution in [2.45, 2.75) is 6.42 Å². The molecule has 23 heavy (non-hydrogen) atoms. The highest BCUT2D eigenvalue weighted by molar-refractivity contribution is 5.83. The maximum absolute atomic E-state index is 5.08. The maximum atomic E-state index is 5.08. The lowest BCUT2D eigenvalue weighted by molar-refractivity contribution is 0.341. The molecule has 1 aliphatic carbocycles. The first kappa shape index (κ1) is 13.8. The fraction of sp³-hybridized carbons (Fsp3) is 0.0909. The number of benzene rings is 3. The van der Waals surface area contributed by atoms with Crippen LogP contribution < -0.4 is 0 Å². The van der Waals surface area contributed by atoms with Crippen LogP contribution in [0.15, 0.2) is 73.0 Å². The van der Waals surface area contributed by atoms with Crippen LogP contribution >= 0.6 is 0 Å². The number of fused-ring (bicyclic) bond motifs is 3. The van der Waals surface area contributed by atoms with E-state index in [2.05, 4.69) is 66.7 Å². The lowest BCUT2D eigenvalue weighted by Crippen LogP contribution is -1.86. The number of ether oxygens (including phenoxy) is 1. The van der Waals surface area contributed by atoms with Crippen LogP contribution in [0.3, 0.4) is 0 Å². The average Bonchev–Trinajstić information content (AvgIpc) is 2.98. The highest BCUT2D eigenvalue weighted by atomic mass is 16.5. The standard InChI is InChI=1S/C22H18O/c1-23-13-12-16-6-2-4-8-20(16)19-11-10-18-14-17-7-3-5-9-21(17)22(18)15-19/h2-13,15H,14H2,1H3/b13-12+. The third kappa shape index (κ3) is 2.44. The molecule has 0 radical (unpaired) electrons. The van der Waals surface area contributed by atoms with Gasteiger partial charge < -0.3 is 4.74 Å². The summed E-state index contributed by atoms with van der Waals surface area (Å²) in [5, 5.41) is 0. The lowest BCUT2D eigenvalue weighted by atomic mass is 9.95. The SMILES string of the molecule is CO/C=C/c1ccccc1-c1ccc2c(c1)-c1ccccc1C2. The number of hydrogen-bond acceptors (Lipinski definition) is 1. The molecule has 0 heterocycles. The van der Waals surface area contributed by atoms with E-state index >= 15 is 0 Å². The summed E-state index contributed by atoms with van der Waals surface area (Å²) in [5.74, 6) is 0. The predicted molar refractivity (Wildman–Crippen MR) is 96.2 cm³/mol. The molecule has 0 aliphatic heterocycles. The average molecular weight is 298 g/mol. The molecular formula is C22H18O. The van der Waals surface area contributed by atoms with E-state index in [9.17, 15) is 0 Å². The van der Waals surface area contributed by atoms with Gasteiger partial charge in [-0.2, -0.15) is 0 Å². The van der Waals surface area contributed by atoms with E-state index in [0.29, 0.717) is 0 Å². The van der Waals surface area contributed by atoms with Gasteiger partial charge in [0.05, 0.1) is 13.4 Å². The number of methoxy groups -OCH3 is 1. The summed E-state index contributed by atoms with van der Waals surface area (Å²) in [6.45, 7) is 0. The van der Waals surface area contributed by atoms with Gasteiger partial charge in [0.2, 0.25) is 0 Å². The molecule has 0 aromatic heterocycles. The molecule has 0 fully saturated rings. The summed E-state index contributed by atoms with van der Waals surface area (Å²) < 4.78 is 5.08. The second-order valence-electron chi connectivity index (χ2n) is 5.83. The molecule has 0 spiro atoms. The topological polar surface area (TPSA) is 9.23 Å². The number of rotatable bonds is 3. The van der Waals surface area contributed by atoms with Crippen molar-refractivity contribution in [3.8, 4) is 22.3 Å². The van der Waals surface area contributed by atoms with E-state index in [1.165, 1.54) is 38.9 Å². The normalized spacial score (nSPS) is 12.2. The van der Waals surface area contributed by atoms with Crippen LogP contribution in [-0.4, -0.2) is 7.11 Å². The molecule has 0 bridgehead atoms. The molecule has 0 saturated carbocycles. The van der Waals surface area contributed by atoms with Crippen LogP contribution in [0.2, 0.25) is 0 Å². The minimum Gasteiger partial charge on any atom is -0.504 e. The summed E-state index contributed by atoms with van der Waals surface area (Å²) in [7, 11) is 1.67. The largest absolute Gasteiger partial charge is 0.504 e. The predicted octanol–water partition coefficient (Wildman–Crippen LogP) is 5.54. The minimum absolute atomic E-state index is 1.04. The molecule has 0 atom stereocenters. The molecule has 0 saturated heterocycles. The molecule has 1 aliphatic rings. The fourth-order valence-corrected chi connectivity index (χ4v) is 3.34. The Kier molecular flexibility index (Phi) is 3.47. The highest BCUT2D eigenvalue weighted by Gasteiger charge is 2.18. The minimum atomic E-state index is 1.04. The molecule has 1 heteroatoms. The van der Waals surface area contributed by atoms with Crippen molar-refractivity contribution in [2.75, 3.05) is 7.11 Å². The second-order valence-corrected chi connectivity index (χ2v) is 5.83. The van der Waals surface area contributed by atoms with Gasteiger partial charge in [-0.1, -0.05) is 60.7 Å². The summed E-state index contributed by atoms with van der Waals surface area (Å²) in [6.07, 6.45) is 4.77. The number of hydrogen-bond donors (Lipinski definition) is 0. The lowest BCUT2D eigenvalue weighted by Gasteiger charge is -2.09. The molecule has 0 amide bonds. The van der Waals surface area contributed by atoms with Gasteiger partial charge in [0.25, 0.3) is 0 Å². The Morgan fingerprint density at radius 2 is 1.52 bits per heavy atom. The summed E-state index contributed by atoms with van der Waals surface area (Å²) >= 11 is 0. The maximum Gasteiger partial charge on any atom is 0.0830 e. The van der Waals surface area contributed by atoms with E-state index < -0.39 is 0 Å². The Balaban J connectivity index is 1.83. The Labute approximate surface area is 136 Å². The van der Waals surface area contributed by atoms with Crippen molar-refractivity contribution < 1.29 is 4.74 Å². The van der Waals surface area contributed by atoms with E-state index in [0.717, 1.165) is 6.42 Å². The van der Waals surface area contributed by atoms with E-state index in [1.807, 2.05) is 6.08 Å². The molecule has 112 valence electrons. The highest BCUT2D eigenvalue weighted by Crippen LogP contribution is 2.39. The first-order chi connectivity index (χ1) is 11.4. The summed E-state index contributed by atoms with van der Waals surface area (Å²) in [4.78, 5) is 0. The van der Waals surface area contributed by atoms with Crippen molar-refractivity contribution in [1.82, 2.24) is 0 Å². The van der Waals surface area contributed by atoms with Crippen molar-refractivity contribution in [3.63, 3.8) is 0 Å². The van der Waals surface area contributed by atoms with Crippen LogP contribution in [-0.2, 0) is 11.2 Å². The Morgan fingerprint density at radius 3 is 2.39 bits per heavy atom. The van der Waals surface area contributed by atoms with E-state index in [4.69, 9.17) is 4.74 Å². The molecular weight excluding hydrogens is 280 g/mol. The van der Waals surface area contributed by atoms with E-state index in [1.54, 1.807) is 13.4 Å². The smallest absolute Gasteiger partial charge is 0.0830 e. The van der Waals surface area contributed by atoms with Gasteiger partial charge in [0.1, 0.15) is 0 Å². The fourth-order valence-electron chi connectivity index (χ4n) is 3.34. The van der Waals surface area contributed by atoms with Crippen LogP contribution in [0, 0.1) is 0 Å². The Bertz CT molecular complexity index is 890. The van der Waals surface area contributed by atoms with Crippen molar-refractivity contribution in [2.24, 2.45) is 0 Å². The van der Waals surface area contributed by atoms with Crippen LogP contribution in [0.25, 0.3) is 28.3 Å². The van der Waals surface area contributed by atoms with E-state index in [-0.39, 0.29) is 0 Å². The molecule has 1 nitrogen and oxygen atoms in total.